The Labute approximate surface area is 179 Å². The molecule has 0 bridgehead atoms. The second-order valence-electron chi connectivity index (χ2n) is 6.98. The van der Waals surface area contributed by atoms with Gasteiger partial charge in [0.05, 0.1) is 16.5 Å². The predicted molar refractivity (Wildman–Crippen MR) is 115 cm³/mol. The summed E-state index contributed by atoms with van der Waals surface area (Å²) in [5.41, 5.74) is 0.868. The van der Waals surface area contributed by atoms with Crippen LogP contribution in [0.1, 0.15) is 52.0 Å². The molecule has 154 valence electrons. The number of carboxylic acid groups (broad SMARTS) is 1. The Hall–Kier alpha value is -3.03. The Balaban J connectivity index is 1.68. The molecule has 3 aromatic rings. The minimum atomic E-state index is -1.21. The summed E-state index contributed by atoms with van der Waals surface area (Å²) >= 11 is 2.51. The highest BCUT2D eigenvalue weighted by Crippen LogP contribution is 2.37. The van der Waals surface area contributed by atoms with Crippen molar-refractivity contribution in [3.8, 4) is 6.07 Å². The maximum Gasteiger partial charge on any atom is 0.337 e. The van der Waals surface area contributed by atoms with Crippen LogP contribution >= 0.6 is 22.7 Å². The average molecular weight is 443 g/mol. The fourth-order valence-corrected chi connectivity index (χ4v) is 5.92. The van der Waals surface area contributed by atoms with Crippen molar-refractivity contribution in [2.75, 3.05) is 5.32 Å². The molecule has 0 spiro atoms. The van der Waals surface area contributed by atoms with Gasteiger partial charge in [0, 0.05) is 16.7 Å². The van der Waals surface area contributed by atoms with Gasteiger partial charge in [0.25, 0.3) is 5.56 Å². The lowest BCUT2D eigenvalue weighted by molar-refractivity contribution is -0.116. The van der Waals surface area contributed by atoms with Crippen LogP contribution in [0.4, 0.5) is 5.00 Å². The first-order valence-electron chi connectivity index (χ1n) is 9.53. The molecular formula is C20H18N4O4S2. The van der Waals surface area contributed by atoms with E-state index >= 15 is 0 Å². The smallest absolute Gasteiger partial charge is 0.337 e. The average Bonchev–Trinajstić information content (AvgIpc) is 3.30. The number of carbonyl (C=O) groups is 2. The van der Waals surface area contributed by atoms with Crippen molar-refractivity contribution in [2.45, 2.75) is 45.6 Å². The summed E-state index contributed by atoms with van der Waals surface area (Å²) in [6.07, 6.45) is 4.25. The quantitative estimate of drug-likeness (QED) is 0.625. The number of hydrogen-bond acceptors (Lipinski definition) is 7. The summed E-state index contributed by atoms with van der Waals surface area (Å²) in [5.74, 6) is -1.24. The highest BCUT2D eigenvalue weighted by molar-refractivity contribution is 7.17. The van der Waals surface area contributed by atoms with E-state index in [4.69, 9.17) is 0 Å². The van der Waals surface area contributed by atoms with Crippen molar-refractivity contribution >= 4 is 49.8 Å². The molecule has 0 unspecified atom stereocenters. The second kappa shape index (κ2) is 8.01. The van der Waals surface area contributed by atoms with Crippen LogP contribution in [0, 0.1) is 11.3 Å². The van der Waals surface area contributed by atoms with Gasteiger partial charge in [0.2, 0.25) is 5.91 Å². The molecule has 0 fully saturated rings. The van der Waals surface area contributed by atoms with Crippen LogP contribution in [0.3, 0.4) is 0 Å². The number of hydrogen-bond donors (Lipinski definition) is 2. The molecule has 0 radical (unpaired) electrons. The van der Waals surface area contributed by atoms with Gasteiger partial charge >= 0.3 is 5.97 Å². The number of nitriles is 1. The van der Waals surface area contributed by atoms with E-state index in [2.05, 4.69) is 16.4 Å². The van der Waals surface area contributed by atoms with Crippen LogP contribution in [0.5, 0.6) is 0 Å². The van der Waals surface area contributed by atoms with E-state index in [1.54, 1.807) is 0 Å². The monoisotopic (exact) mass is 442 g/mol. The number of carbonyl (C=O) groups excluding carboxylic acids is 1. The molecule has 4 rings (SSSR count). The molecule has 0 atom stereocenters. The minimum Gasteiger partial charge on any atom is -0.478 e. The molecule has 1 amide bonds. The van der Waals surface area contributed by atoms with Gasteiger partial charge in [-0.05, 0) is 31.2 Å². The second-order valence-corrected chi connectivity index (χ2v) is 8.95. The lowest BCUT2D eigenvalue weighted by Crippen LogP contribution is -2.31. The molecule has 0 aliphatic heterocycles. The molecule has 1 aliphatic carbocycles. The normalized spacial score (nSPS) is 13.1. The van der Waals surface area contributed by atoms with E-state index in [9.17, 15) is 24.8 Å². The van der Waals surface area contributed by atoms with Gasteiger partial charge in [-0.1, -0.05) is 6.92 Å². The minimum absolute atomic E-state index is 0.0156. The third-order valence-corrected chi connectivity index (χ3v) is 7.24. The number of anilines is 1. The van der Waals surface area contributed by atoms with Crippen molar-refractivity contribution in [3.05, 3.63) is 43.1 Å². The number of fused-ring (bicyclic) bond motifs is 2. The molecule has 0 saturated heterocycles. The first-order valence-corrected chi connectivity index (χ1v) is 11.2. The Morgan fingerprint density at radius 2 is 2.13 bits per heavy atom. The summed E-state index contributed by atoms with van der Waals surface area (Å²) in [4.78, 5) is 43.1. The fraction of sp³-hybridized carbons (Fsp3) is 0.350. The fourth-order valence-electron chi connectivity index (χ4n) is 3.74. The maximum atomic E-state index is 13.0. The van der Waals surface area contributed by atoms with Crippen LogP contribution in [0.25, 0.3) is 10.2 Å². The van der Waals surface area contributed by atoms with Crippen LogP contribution in [0.2, 0.25) is 0 Å². The van der Waals surface area contributed by atoms with Crippen LogP contribution in [0.15, 0.2) is 10.2 Å². The van der Waals surface area contributed by atoms with E-state index in [1.165, 1.54) is 21.3 Å². The molecule has 3 aromatic heterocycles. The van der Waals surface area contributed by atoms with Gasteiger partial charge in [-0.2, -0.15) is 5.26 Å². The summed E-state index contributed by atoms with van der Waals surface area (Å²) in [5, 5.41) is 23.6. The molecule has 1 aliphatic rings. The van der Waals surface area contributed by atoms with Gasteiger partial charge in [-0.15, -0.1) is 22.7 Å². The van der Waals surface area contributed by atoms with E-state index in [1.807, 2.05) is 6.92 Å². The van der Waals surface area contributed by atoms with Crippen LogP contribution in [-0.4, -0.2) is 26.5 Å². The standard InChI is InChI=1S/C20H18N4O4S2/c1-2-14-22-18-16(12(9-29-18)20(27)28)19(26)24(14)8-15(25)23-17-11(7-21)10-5-3-4-6-13(10)30-17/h9H,2-6,8H2,1H3,(H,23,25)(H,27,28). The van der Waals surface area contributed by atoms with Crippen molar-refractivity contribution in [1.82, 2.24) is 9.55 Å². The summed E-state index contributed by atoms with van der Waals surface area (Å²) in [6, 6.07) is 2.20. The Kier molecular flexibility index (Phi) is 5.40. The molecule has 3 heterocycles. The topological polar surface area (TPSA) is 125 Å². The van der Waals surface area contributed by atoms with Crippen LogP contribution < -0.4 is 10.9 Å². The van der Waals surface area contributed by atoms with Crippen molar-refractivity contribution in [2.24, 2.45) is 0 Å². The highest BCUT2D eigenvalue weighted by atomic mass is 32.1. The van der Waals surface area contributed by atoms with Gasteiger partial charge in [0.15, 0.2) is 0 Å². The maximum absolute atomic E-state index is 13.0. The highest BCUT2D eigenvalue weighted by Gasteiger charge is 2.23. The Morgan fingerprint density at radius 3 is 2.83 bits per heavy atom. The molecule has 30 heavy (non-hydrogen) atoms. The number of amides is 1. The van der Waals surface area contributed by atoms with E-state index in [0.717, 1.165) is 47.5 Å². The zero-order chi connectivity index (χ0) is 21.4. The molecule has 8 nitrogen and oxygen atoms in total. The molecule has 10 heteroatoms. The number of rotatable bonds is 5. The largest absolute Gasteiger partial charge is 0.478 e. The zero-order valence-electron chi connectivity index (χ0n) is 16.2. The predicted octanol–water partition coefficient (Wildman–Crippen LogP) is 3.17. The molecular weight excluding hydrogens is 424 g/mol. The van der Waals surface area contributed by atoms with Gasteiger partial charge in [-0.3, -0.25) is 14.2 Å². The van der Waals surface area contributed by atoms with Gasteiger partial charge in [-0.25, -0.2) is 9.78 Å². The van der Waals surface area contributed by atoms with E-state index in [-0.39, 0.29) is 17.5 Å². The van der Waals surface area contributed by atoms with Gasteiger partial charge < -0.3 is 10.4 Å². The number of nitrogens with one attached hydrogen (secondary N) is 1. The Bertz CT molecular complexity index is 1280. The number of aryl methyl sites for hydroxylation is 2. The molecule has 0 aromatic carbocycles. The summed E-state index contributed by atoms with van der Waals surface area (Å²) in [6.45, 7) is 1.52. The number of aromatic nitrogens is 2. The third kappa shape index (κ3) is 3.40. The number of thiophene rings is 2. The first kappa shape index (κ1) is 20.3. The lowest BCUT2D eigenvalue weighted by Gasteiger charge is -2.11. The van der Waals surface area contributed by atoms with E-state index in [0.29, 0.717) is 27.6 Å². The molecule has 0 saturated carbocycles. The number of aromatic carboxylic acids is 1. The molecule has 2 N–H and O–H groups in total. The SMILES string of the molecule is CCc1nc2scc(C(=O)O)c2c(=O)n1CC(=O)Nc1sc2c(c1C#N)CCCC2. The zero-order valence-corrected chi connectivity index (χ0v) is 17.8. The van der Waals surface area contributed by atoms with E-state index < -0.39 is 17.4 Å². The third-order valence-electron chi connectivity index (χ3n) is 5.16. The van der Waals surface area contributed by atoms with Gasteiger partial charge in [0.1, 0.15) is 28.3 Å². The summed E-state index contributed by atoms with van der Waals surface area (Å²) < 4.78 is 1.22. The van der Waals surface area contributed by atoms with Crippen molar-refractivity contribution < 1.29 is 14.7 Å². The van der Waals surface area contributed by atoms with Crippen molar-refractivity contribution in [1.29, 1.82) is 5.26 Å². The van der Waals surface area contributed by atoms with Crippen molar-refractivity contribution in [3.63, 3.8) is 0 Å². The Morgan fingerprint density at radius 1 is 1.37 bits per heavy atom. The van der Waals surface area contributed by atoms with Crippen LogP contribution in [-0.2, 0) is 30.6 Å². The number of nitrogens with zero attached hydrogens (tertiary/aromatic N) is 3. The lowest BCUT2D eigenvalue weighted by atomic mass is 9.96. The summed E-state index contributed by atoms with van der Waals surface area (Å²) in [7, 11) is 0. The first-order chi connectivity index (χ1) is 14.4. The number of carboxylic acids is 1.